The fourth-order valence-electron chi connectivity index (χ4n) is 2.93. The molecule has 2 saturated heterocycles. The van der Waals surface area contributed by atoms with Crippen LogP contribution in [0.4, 0.5) is 0 Å². The van der Waals surface area contributed by atoms with Gasteiger partial charge in [-0.1, -0.05) is 13.8 Å². The minimum atomic E-state index is 0.476. The van der Waals surface area contributed by atoms with Crippen molar-refractivity contribution in [2.75, 3.05) is 20.3 Å². The van der Waals surface area contributed by atoms with E-state index in [1.165, 1.54) is 19.3 Å². The van der Waals surface area contributed by atoms with E-state index in [0.29, 0.717) is 24.2 Å². The van der Waals surface area contributed by atoms with Gasteiger partial charge >= 0.3 is 0 Å². The largest absolute Gasteiger partial charge is 0.383 e. The topological polar surface area (TPSA) is 30.5 Å². The van der Waals surface area contributed by atoms with E-state index >= 15 is 0 Å². The lowest BCUT2D eigenvalue weighted by Crippen LogP contribution is -2.42. The first-order valence-corrected chi connectivity index (χ1v) is 6.58. The zero-order valence-corrected chi connectivity index (χ0v) is 10.7. The van der Waals surface area contributed by atoms with Crippen molar-refractivity contribution in [3.63, 3.8) is 0 Å². The van der Waals surface area contributed by atoms with E-state index in [9.17, 15) is 0 Å². The summed E-state index contributed by atoms with van der Waals surface area (Å²) in [5.41, 5.74) is 0. The van der Waals surface area contributed by atoms with Gasteiger partial charge in [-0.3, -0.25) is 0 Å². The molecule has 0 aliphatic carbocycles. The van der Waals surface area contributed by atoms with E-state index in [1.807, 2.05) is 0 Å². The fourth-order valence-corrected chi connectivity index (χ4v) is 2.93. The Morgan fingerprint density at radius 1 is 1.38 bits per heavy atom. The van der Waals surface area contributed by atoms with Crippen LogP contribution in [0.2, 0.25) is 0 Å². The molecule has 2 aliphatic rings. The van der Waals surface area contributed by atoms with Crippen LogP contribution < -0.4 is 5.32 Å². The molecule has 4 unspecified atom stereocenters. The summed E-state index contributed by atoms with van der Waals surface area (Å²) >= 11 is 0. The Labute approximate surface area is 98.9 Å². The summed E-state index contributed by atoms with van der Waals surface area (Å²) in [7, 11) is 1.78. The van der Waals surface area contributed by atoms with Crippen molar-refractivity contribution in [1.29, 1.82) is 0 Å². The molecule has 4 atom stereocenters. The van der Waals surface area contributed by atoms with Gasteiger partial charge < -0.3 is 14.8 Å². The fraction of sp³-hybridized carbons (Fsp3) is 1.00. The smallest absolute Gasteiger partial charge is 0.0621 e. The molecule has 3 heteroatoms. The molecule has 0 spiro atoms. The van der Waals surface area contributed by atoms with Crippen LogP contribution in [-0.4, -0.2) is 38.5 Å². The van der Waals surface area contributed by atoms with E-state index in [1.54, 1.807) is 7.11 Å². The number of nitrogens with one attached hydrogen (secondary N) is 1. The van der Waals surface area contributed by atoms with Crippen molar-refractivity contribution >= 4 is 0 Å². The molecule has 2 heterocycles. The van der Waals surface area contributed by atoms with E-state index in [0.717, 1.165) is 19.1 Å². The summed E-state index contributed by atoms with van der Waals surface area (Å²) < 4.78 is 11.1. The summed E-state index contributed by atoms with van der Waals surface area (Å²) in [4.78, 5) is 0. The van der Waals surface area contributed by atoms with Gasteiger partial charge in [-0.05, 0) is 25.2 Å². The highest BCUT2D eigenvalue weighted by atomic mass is 16.5. The molecule has 94 valence electrons. The lowest BCUT2D eigenvalue weighted by atomic mass is 9.89. The Morgan fingerprint density at radius 2 is 2.19 bits per heavy atom. The van der Waals surface area contributed by atoms with Crippen molar-refractivity contribution in [2.24, 2.45) is 11.8 Å². The second-order valence-corrected chi connectivity index (χ2v) is 5.58. The molecule has 0 aromatic heterocycles. The van der Waals surface area contributed by atoms with Crippen LogP contribution in [0.5, 0.6) is 0 Å². The predicted octanol–water partition coefficient (Wildman–Crippen LogP) is 1.81. The van der Waals surface area contributed by atoms with Gasteiger partial charge in [0.15, 0.2) is 0 Å². The third kappa shape index (κ3) is 2.76. The number of fused-ring (bicyclic) bond motifs is 2. The molecule has 2 bridgehead atoms. The van der Waals surface area contributed by atoms with Crippen LogP contribution in [0.3, 0.4) is 0 Å². The molecule has 1 N–H and O–H groups in total. The van der Waals surface area contributed by atoms with Crippen molar-refractivity contribution in [2.45, 2.75) is 51.4 Å². The molecule has 2 aliphatic heterocycles. The highest BCUT2D eigenvalue weighted by Crippen LogP contribution is 2.38. The van der Waals surface area contributed by atoms with Crippen LogP contribution in [0.25, 0.3) is 0 Å². The van der Waals surface area contributed by atoms with E-state index in [2.05, 4.69) is 19.2 Å². The summed E-state index contributed by atoms with van der Waals surface area (Å²) in [6.07, 6.45) is 4.92. The number of hydrogen-bond acceptors (Lipinski definition) is 3. The van der Waals surface area contributed by atoms with Crippen LogP contribution in [0.15, 0.2) is 0 Å². The van der Waals surface area contributed by atoms with Crippen LogP contribution >= 0.6 is 0 Å². The average molecular weight is 227 g/mol. The quantitative estimate of drug-likeness (QED) is 0.751. The van der Waals surface area contributed by atoms with Gasteiger partial charge in [0.05, 0.1) is 18.8 Å². The molecule has 0 saturated carbocycles. The molecule has 16 heavy (non-hydrogen) atoms. The number of ether oxygens (including phenoxy) is 2. The molecule has 2 fully saturated rings. The van der Waals surface area contributed by atoms with Crippen molar-refractivity contribution in [3.05, 3.63) is 0 Å². The Morgan fingerprint density at radius 3 is 2.69 bits per heavy atom. The molecule has 0 aromatic carbocycles. The summed E-state index contributed by atoms with van der Waals surface area (Å²) in [6.45, 7) is 6.38. The molecule has 3 nitrogen and oxygen atoms in total. The van der Waals surface area contributed by atoms with E-state index in [4.69, 9.17) is 9.47 Å². The SMILES string of the molecule is COCC(NCC1CC2CCC1O2)C(C)C. The second-order valence-electron chi connectivity index (χ2n) is 5.58. The molecule has 0 amide bonds. The lowest BCUT2D eigenvalue weighted by molar-refractivity contribution is 0.0894. The Hall–Kier alpha value is -0.120. The Kier molecular flexibility index (Phi) is 4.22. The maximum atomic E-state index is 5.87. The Balaban J connectivity index is 1.73. The second kappa shape index (κ2) is 5.48. The third-order valence-corrected chi connectivity index (χ3v) is 4.03. The van der Waals surface area contributed by atoms with Crippen molar-refractivity contribution in [3.8, 4) is 0 Å². The molecule has 2 rings (SSSR count). The van der Waals surface area contributed by atoms with Gasteiger partial charge in [0.2, 0.25) is 0 Å². The highest BCUT2D eigenvalue weighted by molar-refractivity contribution is 4.91. The predicted molar refractivity (Wildman–Crippen MR) is 64.5 cm³/mol. The third-order valence-electron chi connectivity index (χ3n) is 4.03. The highest BCUT2D eigenvalue weighted by Gasteiger charge is 2.40. The first-order chi connectivity index (χ1) is 7.70. The number of rotatable bonds is 6. The molecular weight excluding hydrogens is 202 g/mol. The monoisotopic (exact) mass is 227 g/mol. The first kappa shape index (κ1) is 12.3. The maximum Gasteiger partial charge on any atom is 0.0621 e. The van der Waals surface area contributed by atoms with Gasteiger partial charge in [0.1, 0.15) is 0 Å². The molecule has 0 aromatic rings. The van der Waals surface area contributed by atoms with Gasteiger partial charge in [-0.15, -0.1) is 0 Å². The first-order valence-electron chi connectivity index (χ1n) is 6.58. The zero-order chi connectivity index (χ0) is 11.5. The van der Waals surface area contributed by atoms with Crippen molar-refractivity contribution < 1.29 is 9.47 Å². The van der Waals surface area contributed by atoms with Gasteiger partial charge in [0, 0.05) is 25.6 Å². The van der Waals surface area contributed by atoms with E-state index in [-0.39, 0.29) is 0 Å². The Bertz CT molecular complexity index is 218. The zero-order valence-electron chi connectivity index (χ0n) is 10.7. The summed E-state index contributed by atoms with van der Waals surface area (Å²) in [5.74, 6) is 1.36. The van der Waals surface area contributed by atoms with Gasteiger partial charge in [-0.2, -0.15) is 0 Å². The summed E-state index contributed by atoms with van der Waals surface area (Å²) in [6, 6.07) is 0.476. The minimum Gasteiger partial charge on any atom is -0.383 e. The summed E-state index contributed by atoms with van der Waals surface area (Å²) in [5, 5.41) is 3.64. The average Bonchev–Trinajstić information content (AvgIpc) is 2.85. The van der Waals surface area contributed by atoms with E-state index < -0.39 is 0 Å². The minimum absolute atomic E-state index is 0.476. The standard InChI is InChI=1S/C13H25NO2/c1-9(2)12(8-15-3)14-7-10-6-11-4-5-13(10)16-11/h9-14H,4-8H2,1-3H3. The number of hydrogen-bond donors (Lipinski definition) is 1. The molecular formula is C13H25NO2. The lowest BCUT2D eigenvalue weighted by Gasteiger charge is -2.26. The normalized spacial score (nSPS) is 34.9. The van der Waals surface area contributed by atoms with Gasteiger partial charge in [-0.25, -0.2) is 0 Å². The maximum absolute atomic E-state index is 5.87. The van der Waals surface area contributed by atoms with Crippen LogP contribution in [0.1, 0.15) is 33.1 Å². The van der Waals surface area contributed by atoms with Crippen LogP contribution in [0, 0.1) is 11.8 Å². The number of methoxy groups -OCH3 is 1. The van der Waals surface area contributed by atoms with Gasteiger partial charge in [0.25, 0.3) is 0 Å². The molecule has 0 radical (unpaired) electrons. The van der Waals surface area contributed by atoms with Crippen molar-refractivity contribution in [1.82, 2.24) is 5.32 Å². The van der Waals surface area contributed by atoms with Crippen LogP contribution in [-0.2, 0) is 9.47 Å².